The van der Waals surface area contributed by atoms with E-state index < -0.39 is 0 Å². The van der Waals surface area contributed by atoms with Crippen molar-refractivity contribution in [2.24, 2.45) is 5.92 Å². The number of hydrogen-bond donors (Lipinski definition) is 2. The molecule has 1 rings (SSSR count). The van der Waals surface area contributed by atoms with E-state index in [4.69, 9.17) is 0 Å². The fourth-order valence-electron chi connectivity index (χ4n) is 2.03. The molecule has 0 aliphatic carbocycles. The third kappa shape index (κ3) is 4.89. The Morgan fingerprint density at radius 3 is 2.74 bits per heavy atom. The summed E-state index contributed by atoms with van der Waals surface area (Å²) in [6, 6.07) is 3.77. The number of aromatic nitrogens is 1. The molecule has 0 fully saturated rings. The molecule has 4 heteroatoms. The standard InChI is InChI=1S/C15H25N3O/c1-5-11(3)10-12(4)18-15(19)13-8-7-9-17-14(13)16-6-2/h7-9,11-12H,5-6,10H2,1-4H3,(H,16,17)(H,18,19). The van der Waals surface area contributed by atoms with Crippen LogP contribution in [-0.4, -0.2) is 23.5 Å². The van der Waals surface area contributed by atoms with Crippen LogP contribution in [0.4, 0.5) is 5.82 Å². The fourth-order valence-corrected chi connectivity index (χ4v) is 2.03. The highest BCUT2D eigenvalue weighted by molar-refractivity contribution is 5.98. The molecule has 2 N–H and O–H groups in total. The molecule has 4 nitrogen and oxygen atoms in total. The number of carbonyl (C=O) groups is 1. The Kier molecular flexibility index (Phi) is 6.33. The van der Waals surface area contributed by atoms with Gasteiger partial charge in [0.1, 0.15) is 5.82 Å². The molecule has 0 saturated heterocycles. The average Bonchev–Trinajstić information content (AvgIpc) is 2.39. The first kappa shape index (κ1) is 15.5. The monoisotopic (exact) mass is 263 g/mol. The molecule has 0 radical (unpaired) electrons. The van der Waals surface area contributed by atoms with E-state index in [0.717, 1.165) is 19.4 Å². The van der Waals surface area contributed by atoms with Crippen molar-refractivity contribution < 1.29 is 4.79 Å². The first-order valence-corrected chi connectivity index (χ1v) is 7.08. The third-order valence-corrected chi connectivity index (χ3v) is 3.23. The maximum Gasteiger partial charge on any atom is 0.255 e. The van der Waals surface area contributed by atoms with Crippen LogP contribution < -0.4 is 10.6 Å². The van der Waals surface area contributed by atoms with Gasteiger partial charge in [0.2, 0.25) is 0 Å². The van der Waals surface area contributed by atoms with Gasteiger partial charge in [-0.3, -0.25) is 4.79 Å². The van der Waals surface area contributed by atoms with Gasteiger partial charge in [-0.05, 0) is 38.3 Å². The normalized spacial score (nSPS) is 13.7. The van der Waals surface area contributed by atoms with E-state index in [9.17, 15) is 4.79 Å². The minimum absolute atomic E-state index is 0.0557. The van der Waals surface area contributed by atoms with Gasteiger partial charge in [-0.2, -0.15) is 0 Å². The van der Waals surface area contributed by atoms with Gasteiger partial charge in [-0.1, -0.05) is 20.3 Å². The molecule has 0 aliphatic heterocycles. The molecule has 0 bridgehead atoms. The van der Waals surface area contributed by atoms with Gasteiger partial charge in [-0.15, -0.1) is 0 Å². The van der Waals surface area contributed by atoms with Crippen molar-refractivity contribution in [3.05, 3.63) is 23.9 Å². The minimum Gasteiger partial charge on any atom is -0.370 e. The molecular weight excluding hydrogens is 238 g/mol. The van der Waals surface area contributed by atoms with E-state index in [2.05, 4.69) is 29.5 Å². The molecule has 2 atom stereocenters. The highest BCUT2D eigenvalue weighted by Crippen LogP contribution is 2.13. The van der Waals surface area contributed by atoms with Crippen LogP contribution in [0, 0.1) is 5.92 Å². The van der Waals surface area contributed by atoms with Gasteiger partial charge in [0.05, 0.1) is 5.56 Å². The predicted octanol–water partition coefficient (Wildman–Crippen LogP) is 3.07. The van der Waals surface area contributed by atoms with Gasteiger partial charge in [0, 0.05) is 18.8 Å². The molecule has 106 valence electrons. The Bertz CT molecular complexity index is 406. The SMILES string of the molecule is CCNc1ncccc1C(=O)NC(C)CC(C)CC. The second-order valence-corrected chi connectivity index (χ2v) is 5.05. The molecule has 0 spiro atoms. The molecule has 1 amide bonds. The van der Waals surface area contributed by atoms with Crippen molar-refractivity contribution in [1.82, 2.24) is 10.3 Å². The Morgan fingerprint density at radius 2 is 2.11 bits per heavy atom. The van der Waals surface area contributed by atoms with E-state index in [1.807, 2.05) is 13.8 Å². The molecule has 0 saturated carbocycles. The predicted molar refractivity (Wildman–Crippen MR) is 79.4 cm³/mol. The summed E-state index contributed by atoms with van der Waals surface area (Å²) in [7, 11) is 0. The second kappa shape index (κ2) is 7.77. The van der Waals surface area contributed by atoms with Crippen molar-refractivity contribution in [2.75, 3.05) is 11.9 Å². The van der Waals surface area contributed by atoms with Crippen LogP contribution in [0.15, 0.2) is 18.3 Å². The smallest absolute Gasteiger partial charge is 0.255 e. The number of amides is 1. The number of nitrogens with one attached hydrogen (secondary N) is 2. The number of anilines is 1. The number of rotatable bonds is 7. The zero-order valence-corrected chi connectivity index (χ0v) is 12.4. The topological polar surface area (TPSA) is 54.0 Å². The molecule has 1 aromatic rings. The summed E-state index contributed by atoms with van der Waals surface area (Å²) in [4.78, 5) is 16.4. The van der Waals surface area contributed by atoms with Gasteiger partial charge in [-0.25, -0.2) is 4.98 Å². The van der Waals surface area contributed by atoms with E-state index in [-0.39, 0.29) is 11.9 Å². The lowest BCUT2D eigenvalue weighted by atomic mass is 10.0. The van der Waals surface area contributed by atoms with Crippen LogP contribution in [0.5, 0.6) is 0 Å². The lowest BCUT2D eigenvalue weighted by molar-refractivity contribution is 0.0936. The summed E-state index contributed by atoms with van der Waals surface area (Å²) in [6.07, 6.45) is 3.83. The molecule has 0 aromatic carbocycles. The highest BCUT2D eigenvalue weighted by atomic mass is 16.1. The summed E-state index contributed by atoms with van der Waals surface area (Å²) in [5.41, 5.74) is 0.611. The third-order valence-electron chi connectivity index (χ3n) is 3.23. The molecule has 2 unspecified atom stereocenters. The Hall–Kier alpha value is -1.58. The van der Waals surface area contributed by atoms with Crippen LogP contribution in [0.2, 0.25) is 0 Å². The lowest BCUT2D eigenvalue weighted by Gasteiger charge is -2.18. The summed E-state index contributed by atoms with van der Waals surface area (Å²) in [5.74, 6) is 1.22. The van der Waals surface area contributed by atoms with Crippen LogP contribution in [-0.2, 0) is 0 Å². The average molecular weight is 263 g/mol. The Balaban J connectivity index is 2.67. The van der Waals surface area contributed by atoms with E-state index in [1.165, 1.54) is 0 Å². The van der Waals surface area contributed by atoms with Crippen molar-refractivity contribution in [3.63, 3.8) is 0 Å². The molecule has 19 heavy (non-hydrogen) atoms. The quantitative estimate of drug-likeness (QED) is 0.795. The summed E-state index contributed by atoms with van der Waals surface area (Å²) >= 11 is 0. The van der Waals surface area contributed by atoms with Gasteiger partial charge in [0.15, 0.2) is 0 Å². The lowest BCUT2D eigenvalue weighted by Crippen LogP contribution is -2.34. The van der Waals surface area contributed by atoms with Crippen molar-refractivity contribution >= 4 is 11.7 Å². The second-order valence-electron chi connectivity index (χ2n) is 5.05. The number of pyridine rings is 1. The van der Waals surface area contributed by atoms with Gasteiger partial charge < -0.3 is 10.6 Å². The van der Waals surface area contributed by atoms with Crippen molar-refractivity contribution in [2.45, 2.75) is 46.6 Å². The van der Waals surface area contributed by atoms with Crippen molar-refractivity contribution in [3.8, 4) is 0 Å². The first-order valence-electron chi connectivity index (χ1n) is 7.08. The Labute approximate surface area is 116 Å². The van der Waals surface area contributed by atoms with E-state index in [0.29, 0.717) is 17.3 Å². The zero-order chi connectivity index (χ0) is 14.3. The number of nitrogens with zero attached hydrogens (tertiary/aromatic N) is 1. The summed E-state index contributed by atoms with van der Waals surface area (Å²) in [6.45, 7) is 9.16. The van der Waals surface area contributed by atoms with Crippen LogP contribution >= 0.6 is 0 Å². The largest absolute Gasteiger partial charge is 0.370 e. The molecule has 1 heterocycles. The summed E-state index contributed by atoms with van der Waals surface area (Å²) in [5, 5.41) is 6.15. The minimum atomic E-state index is -0.0557. The molecular formula is C15H25N3O. The van der Waals surface area contributed by atoms with Crippen molar-refractivity contribution in [1.29, 1.82) is 0 Å². The van der Waals surface area contributed by atoms with Gasteiger partial charge in [0.25, 0.3) is 5.91 Å². The number of hydrogen-bond acceptors (Lipinski definition) is 3. The van der Waals surface area contributed by atoms with E-state index in [1.54, 1.807) is 18.3 Å². The van der Waals surface area contributed by atoms with Crippen LogP contribution in [0.3, 0.4) is 0 Å². The zero-order valence-electron chi connectivity index (χ0n) is 12.4. The first-order chi connectivity index (χ1) is 9.08. The van der Waals surface area contributed by atoms with Crippen LogP contribution in [0.25, 0.3) is 0 Å². The highest BCUT2D eigenvalue weighted by Gasteiger charge is 2.15. The van der Waals surface area contributed by atoms with E-state index >= 15 is 0 Å². The summed E-state index contributed by atoms with van der Waals surface area (Å²) < 4.78 is 0. The maximum atomic E-state index is 12.2. The number of carbonyl (C=O) groups excluding carboxylic acids is 1. The Morgan fingerprint density at radius 1 is 1.37 bits per heavy atom. The molecule has 1 aromatic heterocycles. The fraction of sp³-hybridized carbons (Fsp3) is 0.600. The van der Waals surface area contributed by atoms with Gasteiger partial charge >= 0.3 is 0 Å². The maximum absolute atomic E-state index is 12.2. The molecule has 0 aliphatic rings. The van der Waals surface area contributed by atoms with Crippen LogP contribution in [0.1, 0.15) is 50.9 Å².